The van der Waals surface area contributed by atoms with Crippen molar-refractivity contribution in [2.75, 3.05) is 19.5 Å². The molecule has 3 N–H and O–H groups in total. The number of rotatable bonds is 7. The number of carbonyl (C=O) groups is 1. The summed E-state index contributed by atoms with van der Waals surface area (Å²) in [5, 5.41) is 7.55. The number of fused-ring (bicyclic) bond motifs is 1. The molecule has 1 aliphatic rings. The number of aryl methyl sites for hydroxylation is 1. The van der Waals surface area contributed by atoms with Crippen LogP contribution in [0.4, 0.5) is 10.3 Å². The van der Waals surface area contributed by atoms with Gasteiger partial charge in [-0.25, -0.2) is 24.3 Å². The van der Waals surface area contributed by atoms with E-state index in [0.29, 0.717) is 46.3 Å². The first-order valence-corrected chi connectivity index (χ1v) is 11.6. The summed E-state index contributed by atoms with van der Waals surface area (Å²) in [6.45, 7) is 1.43. The lowest BCUT2D eigenvalue weighted by Crippen LogP contribution is -2.38. The van der Waals surface area contributed by atoms with Crippen LogP contribution in [0.5, 0.6) is 5.88 Å². The summed E-state index contributed by atoms with van der Waals surface area (Å²) >= 11 is 0. The highest BCUT2D eigenvalue weighted by atomic mass is 19.1. The van der Waals surface area contributed by atoms with Crippen molar-refractivity contribution >= 4 is 17.6 Å². The molecule has 0 bridgehead atoms. The number of ketones is 1. The van der Waals surface area contributed by atoms with Crippen LogP contribution < -0.4 is 15.8 Å². The average molecular weight is 515 g/mol. The number of benzene rings is 1. The first-order valence-electron chi connectivity index (χ1n) is 11.6. The molecular formula is C26H23FN8O3. The summed E-state index contributed by atoms with van der Waals surface area (Å²) in [7, 11) is 1.52. The molecular weight excluding hydrogens is 491 g/mol. The third kappa shape index (κ3) is 5.09. The Hall–Kier alpha value is -5.00. The lowest BCUT2D eigenvalue weighted by atomic mass is 9.90. The van der Waals surface area contributed by atoms with Crippen LogP contribution in [0.2, 0.25) is 0 Å². The van der Waals surface area contributed by atoms with E-state index in [1.807, 2.05) is 0 Å². The minimum absolute atomic E-state index is 0.119. The lowest BCUT2D eigenvalue weighted by Gasteiger charge is -2.29. The monoisotopic (exact) mass is 514 g/mol. The molecule has 1 aromatic carbocycles. The molecule has 0 radical (unpaired) electrons. The molecule has 0 spiro atoms. The fraction of sp³-hybridized carbons (Fsp3) is 0.192. The van der Waals surface area contributed by atoms with Crippen LogP contribution in [-0.4, -0.2) is 50.3 Å². The van der Waals surface area contributed by atoms with Gasteiger partial charge in [0.1, 0.15) is 11.5 Å². The van der Waals surface area contributed by atoms with Crippen LogP contribution in [-0.2, 0) is 11.3 Å². The van der Waals surface area contributed by atoms with Crippen molar-refractivity contribution in [2.24, 2.45) is 5.16 Å². The second kappa shape index (κ2) is 10.5. The molecule has 0 aliphatic carbocycles. The van der Waals surface area contributed by atoms with Gasteiger partial charge in [0.05, 0.1) is 42.0 Å². The number of carbonyl (C=O) groups excluding carboxylic acids is 1. The first-order chi connectivity index (χ1) is 18.4. The number of nitrogens with zero attached hydrogens (tertiary/aromatic N) is 6. The van der Waals surface area contributed by atoms with E-state index in [1.54, 1.807) is 31.2 Å². The van der Waals surface area contributed by atoms with E-state index in [9.17, 15) is 9.18 Å². The zero-order valence-electron chi connectivity index (χ0n) is 20.6. The number of oxime groups is 1. The SMILES string of the molecule is COc1cccc(-c2cc(F)ccc2[C@H]2Cc3nc(N)nc(C)c3/C(=N/OCC(=O)c3cnccn3)N2)n1. The molecule has 1 aliphatic heterocycles. The third-order valence-electron chi connectivity index (χ3n) is 5.93. The normalized spacial score (nSPS) is 15.4. The van der Waals surface area contributed by atoms with Crippen LogP contribution in [0, 0.1) is 12.7 Å². The summed E-state index contributed by atoms with van der Waals surface area (Å²) in [5.41, 5.74) is 9.80. The van der Waals surface area contributed by atoms with Crippen molar-refractivity contribution in [3.8, 4) is 17.1 Å². The smallest absolute Gasteiger partial charge is 0.222 e. The number of pyridine rings is 1. The molecule has 12 heteroatoms. The number of hydrogen-bond acceptors (Lipinski definition) is 10. The number of anilines is 1. The van der Waals surface area contributed by atoms with Gasteiger partial charge in [0.25, 0.3) is 0 Å². The Morgan fingerprint density at radius 2 is 2.08 bits per heavy atom. The van der Waals surface area contributed by atoms with E-state index in [4.69, 9.17) is 15.3 Å². The molecule has 11 nitrogen and oxygen atoms in total. The number of aromatic nitrogens is 5. The van der Waals surface area contributed by atoms with Gasteiger partial charge in [0, 0.05) is 30.4 Å². The molecule has 0 saturated heterocycles. The number of hydrogen-bond donors (Lipinski definition) is 2. The van der Waals surface area contributed by atoms with Gasteiger partial charge in [-0.15, -0.1) is 0 Å². The first kappa shape index (κ1) is 24.7. The molecule has 0 unspecified atom stereocenters. The number of amidine groups is 1. The van der Waals surface area contributed by atoms with Crippen molar-refractivity contribution in [3.05, 3.63) is 89.0 Å². The van der Waals surface area contributed by atoms with E-state index in [-0.39, 0.29) is 24.0 Å². The van der Waals surface area contributed by atoms with Crippen molar-refractivity contribution in [1.29, 1.82) is 0 Å². The maximum Gasteiger partial charge on any atom is 0.222 e. The summed E-state index contributed by atoms with van der Waals surface area (Å²) in [5.74, 6) is 0.0413. The van der Waals surface area contributed by atoms with Crippen LogP contribution in [0.15, 0.2) is 60.1 Å². The van der Waals surface area contributed by atoms with Crippen molar-refractivity contribution in [2.45, 2.75) is 19.4 Å². The standard InChI is InChI=1S/C26H23FN8O3/c1-14-24-20(34-26(28)31-14)11-19(33-25(24)35-38-13-22(36)21-12-29-8-9-30-21)16-7-6-15(27)10-17(16)18-4-3-5-23(32-18)37-2/h3-10,12,19H,11,13H2,1-2H3,(H,33,35)(H2,28,31,34)/t19-/m1/s1. The van der Waals surface area contributed by atoms with Crippen LogP contribution in [0.25, 0.3) is 11.3 Å². The Kier molecular flexibility index (Phi) is 6.85. The summed E-state index contributed by atoms with van der Waals surface area (Å²) < 4.78 is 19.6. The minimum Gasteiger partial charge on any atom is -0.481 e. The third-order valence-corrected chi connectivity index (χ3v) is 5.93. The van der Waals surface area contributed by atoms with Gasteiger partial charge >= 0.3 is 0 Å². The predicted molar refractivity (Wildman–Crippen MR) is 136 cm³/mol. The molecule has 0 saturated carbocycles. The molecule has 3 aromatic heterocycles. The molecule has 0 amide bonds. The second-order valence-electron chi connectivity index (χ2n) is 8.41. The zero-order chi connectivity index (χ0) is 26.6. The second-order valence-corrected chi connectivity index (χ2v) is 8.41. The highest BCUT2D eigenvalue weighted by molar-refractivity contribution is 6.02. The Balaban J connectivity index is 1.51. The van der Waals surface area contributed by atoms with Crippen LogP contribution in [0.1, 0.15) is 39.0 Å². The van der Waals surface area contributed by atoms with E-state index in [1.165, 1.54) is 37.8 Å². The summed E-state index contributed by atoms with van der Waals surface area (Å²) in [6, 6.07) is 9.34. The highest BCUT2D eigenvalue weighted by Gasteiger charge is 2.30. The molecule has 4 heterocycles. The number of ether oxygens (including phenoxy) is 1. The predicted octanol–water partition coefficient (Wildman–Crippen LogP) is 2.82. The van der Waals surface area contributed by atoms with Gasteiger partial charge in [-0.1, -0.05) is 17.3 Å². The van der Waals surface area contributed by atoms with Crippen LogP contribution in [0.3, 0.4) is 0 Å². The lowest BCUT2D eigenvalue weighted by molar-refractivity contribution is 0.0768. The van der Waals surface area contributed by atoms with Gasteiger partial charge in [0.2, 0.25) is 17.6 Å². The molecule has 4 aromatic rings. The zero-order valence-corrected chi connectivity index (χ0v) is 20.6. The van der Waals surface area contributed by atoms with E-state index in [2.05, 4.69) is 35.4 Å². The Bertz CT molecular complexity index is 1530. The van der Waals surface area contributed by atoms with Crippen LogP contribution >= 0.6 is 0 Å². The number of nitrogens with two attached hydrogens (primary N) is 1. The van der Waals surface area contributed by atoms with Gasteiger partial charge in [0.15, 0.2) is 12.4 Å². The summed E-state index contributed by atoms with van der Waals surface area (Å²) in [6.07, 6.45) is 4.65. The quantitative estimate of drug-likeness (QED) is 0.278. The Morgan fingerprint density at radius 3 is 2.87 bits per heavy atom. The largest absolute Gasteiger partial charge is 0.481 e. The number of halogens is 1. The topological polar surface area (TPSA) is 150 Å². The number of nitrogen functional groups attached to an aromatic ring is 1. The number of methoxy groups -OCH3 is 1. The van der Waals surface area contributed by atoms with Gasteiger partial charge in [-0.2, -0.15) is 0 Å². The molecule has 38 heavy (non-hydrogen) atoms. The average Bonchev–Trinajstić information content (AvgIpc) is 2.92. The Labute approximate surface area is 217 Å². The highest BCUT2D eigenvalue weighted by Crippen LogP contribution is 2.34. The van der Waals surface area contributed by atoms with Crippen molar-refractivity contribution in [3.63, 3.8) is 0 Å². The van der Waals surface area contributed by atoms with Crippen molar-refractivity contribution in [1.82, 2.24) is 30.2 Å². The maximum atomic E-state index is 14.4. The molecule has 5 rings (SSSR count). The number of nitrogens with one attached hydrogen (secondary N) is 1. The van der Waals surface area contributed by atoms with Gasteiger partial charge < -0.3 is 20.6 Å². The van der Waals surface area contributed by atoms with E-state index >= 15 is 0 Å². The number of Topliss-reactive ketones (excluding diaryl/α,β-unsaturated/α-hetero) is 1. The molecule has 192 valence electrons. The van der Waals surface area contributed by atoms with E-state index < -0.39 is 11.9 Å². The minimum atomic E-state index is -0.410. The van der Waals surface area contributed by atoms with Gasteiger partial charge in [-0.05, 0) is 30.7 Å². The Morgan fingerprint density at radius 1 is 1.21 bits per heavy atom. The van der Waals surface area contributed by atoms with E-state index in [0.717, 1.165) is 5.56 Å². The summed E-state index contributed by atoms with van der Waals surface area (Å²) in [4.78, 5) is 38.9. The maximum absolute atomic E-state index is 14.4. The van der Waals surface area contributed by atoms with Crippen molar-refractivity contribution < 1.29 is 18.8 Å². The molecule has 1 atom stereocenters. The fourth-order valence-corrected chi connectivity index (χ4v) is 4.26. The fourth-order valence-electron chi connectivity index (χ4n) is 4.26. The van der Waals surface area contributed by atoms with Gasteiger partial charge in [-0.3, -0.25) is 9.78 Å². The molecule has 0 fully saturated rings.